The van der Waals surface area contributed by atoms with Gasteiger partial charge in [0.15, 0.2) is 0 Å². The summed E-state index contributed by atoms with van der Waals surface area (Å²) >= 11 is -0.522. The minimum absolute atomic E-state index is 0.274. The molecule has 0 spiro atoms. The third kappa shape index (κ3) is 7.06. The van der Waals surface area contributed by atoms with Gasteiger partial charge in [-0.1, -0.05) is 0 Å². The van der Waals surface area contributed by atoms with Crippen LogP contribution >= 0.6 is 22.7 Å². The van der Waals surface area contributed by atoms with Crippen LogP contribution in [0.25, 0.3) is 20.2 Å². The first-order valence-electron chi connectivity index (χ1n) is 13.8. The SMILES string of the molecule is CCCCC(CC)Oc1c2c[c]([Sn]([CH3])([CH3])[CH3])sc2c(OC(CC)CCC)c2c[c]([Sn]([CH3])([CH3])[CH3])sc12. The first kappa shape index (κ1) is 29.9. The van der Waals surface area contributed by atoms with E-state index in [2.05, 4.69) is 69.5 Å². The second kappa shape index (κ2) is 12.5. The fourth-order valence-corrected chi connectivity index (χ4v) is 17.2. The van der Waals surface area contributed by atoms with Gasteiger partial charge in [-0.2, -0.15) is 0 Å². The van der Waals surface area contributed by atoms with Gasteiger partial charge >= 0.3 is 233 Å². The Labute approximate surface area is 230 Å². The fraction of sp³-hybridized carbons (Fsp3) is 0.655. The molecular formula is C29H48O2S2Sn2. The van der Waals surface area contributed by atoms with Gasteiger partial charge in [-0.3, -0.25) is 0 Å². The number of ether oxygens (including phenoxy) is 2. The minimum atomic E-state index is -2.27. The van der Waals surface area contributed by atoms with E-state index < -0.39 is 36.8 Å². The molecule has 0 saturated heterocycles. The van der Waals surface area contributed by atoms with E-state index in [4.69, 9.17) is 9.47 Å². The molecule has 1 aromatic carbocycles. The quantitative estimate of drug-likeness (QED) is 0.163. The molecule has 0 fully saturated rings. The van der Waals surface area contributed by atoms with Crippen LogP contribution in [0, 0.1) is 0 Å². The molecule has 0 aliphatic rings. The number of hydrogen-bond acceptors (Lipinski definition) is 4. The van der Waals surface area contributed by atoms with Crippen LogP contribution in [-0.4, -0.2) is 49.0 Å². The van der Waals surface area contributed by atoms with Crippen molar-refractivity contribution in [1.82, 2.24) is 0 Å². The molecule has 2 aromatic heterocycles. The summed E-state index contributed by atoms with van der Waals surface area (Å²) in [6.45, 7) is 9.09. The average molecular weight is 730 g/mol. The summed E-state index contributed by atoms with van der Waals surface area (Å²) in [5.74, 6) is 2.30. The van der Waals surface area contributed by atoms with Crippen molar-refractivity contribution >= 4 is 85.4 Å². The van der Waals surface area contributed by atoms with Crippen LogP contribution in [0.4, 0.5) is 0 Å². The number of thiophene rings is 2. The summed E-state index contributed by atoms with van der Waals surface area (Å²) in [7, 11) is 0. The van der Waals surface area contributed by atoms with Crippen molar-refractivity contribution in [3.05, 3.63) is 12.1 Å². The Bertz CT molecular complexity index is 1050. The van der Waals surface area contributed by atoms with Crippen molar-refractivity contribution in [2.24, 2.45) is 0 Å². The molecule has 2 nitrogen and oxygen atoms in total. The fourth-order valence-electron chi connectivity index (χ4n) is 4.45. The van der Waals surface area contributed by atoms with Gasteiger partial charge in [0.05, 0.1) is 0 Å². The molecule has 2 atom stereocenters. The van der Waals surface area contributed by atoms with Gasteiger partial charge in [0.1, 0.15) is 0 Å². The van der Waals surface area contributed by atoms with E-state index >= 15 is 0 Å². The molecule has 2 heterocycles. The van der Waals surface area contributed by atoms with Crippen LogP contribution in [0.1, 0.15) is 72.6 Å². The van der Waals surface area contributed by atoms with E-state index in [9.17, 15) is 0 Å². The van der Waals surface area contributed by atoms with E-state index in [0.29, 0.717) is 0 Å². The Morgan fingerprint density at radius 1 is 0.657 bits per heavy atom. The first-order valence-corrected chi connectivity index (χ1v) is 35.4. The number of fused-ring (bicyclic) bond motifs is 2. The zero-order chi connectivity index (χ0) is 26.0. The summed E-state index contributed by atoms with van der Waals surface area (Å²) < 4.78 is 19.8. The van der Waals surface area contributed by atoms with Crippen molar-refractivity contribution in [1.29, 1.82) is 0 Å². The summed E-state index contributed by atoms with van der Waals surface area (Å²) in [6.07, 6.45) is 8.51. The van der Waals surface area contributed by atoms with E-state index in [0.717, 1.165) is 43.6 Å². The Kier molecular flexibility index (Phi) is 10.6. The molecule has 196 valence electrons. The van der Waals surface area contributed by atoms with Gasteiger partial charge in [0.2, 0.25) is 0 Å². The van der Waals surface area contributed by atoms with Gasteiger partial charge < -0.3 is 0 Å². The standard InChI is InChI=1S/C23H30O2S2.6CH3.2Sn/c1-5-9-11-17(8-4)25-21-19-13-15-26-22(19)20(18-12-14-27-23(18)21)24-16(7-3)10-6-2;;;;;;;;/h12-13,16-17H,5-11H2,1-4H3;6*1H3;;. The Morgan fingerprint density at radius 2 is 1.09 bits per heavy atom. The Morgan fingerprint density at radius 3 is 1.43 bits per heavy atom. The van der Waals surface area contributed by atoms with Crippen LogP contribution < -0.4 is 15.3 Å². The monoisotopic (exact) mass is 732 g/mol. The van der Waals surface area contributed by atoms with Crippen molar-refractivity contribution in [2.45, 2.75) is 114 Å². The van der Waals surface area contributed by atoms with Gasteiger partial charge in [-0.25, -0.2) is 0 Å². The maximum absolute atomic E-state index is 6.99. The molecule has 0 radical (unpaired) electrons. The first-order chi connectivity index (χ1) is 16.4. The van der Waals surface area contributed by atoms with Crippen LogP contribution in [0.2, 0.25) is 29.6 Å². The van der Waals surface area contributed by atoms with Crippen molar-refractivity contribution in [3.8, 4) is 11.5 Å². The Hall–Kier alpha value is 0.337. The third-order valence-corrected chi connectivity index (χ3v) is 27.9. The van der Waals surface area contributed by atoms with Crippen LogP contribution in [0.3, 0.4) is 0 Å². The molecule has 3 aromatic rings. The molecular weight excluding hydrogens is 682 g/mol. The van der Waals surface area contributed by atoms with Gasteiger partial charge in [0, 0.05) is 0 Å². The number of hydrogen-bond donors (Lipinski definition) is 0. The molecule has 0 N–H and O–H groups in total. The van der Waals surface area contributed by atoms with Gasteiger partial charge in [-0.15, -0.1) is 0 Å². The Balaban J connectivity index is 2.34. The topological polar surface area (TPSA) is 18.5 Å². The van der Waals surface area contributed by atoms with E-state index in [1.165, 1.54) is 33.0 Å². The molecule has 2 unspecified atom stereocenters. The number of unbranched alkanes of at least 4 members (excludes halogenated alkanes) is 1. The van der Waals surface area contributed by atoms with Crippen LogP contribution in [0.5, 0.6) is 11.5 Å². The summed E-state index contributed by atoms with van der Waals surface area (Å²) in [5.41, 5.74) is 0. The van der Waals surface area contributed by atoms with E-state index in [-0.39, 0.29) is 12.2 Å². The van der Waals surface area contributed by atoms with E-state index in [1.807, 2.05) is 22.7 Å². The second-order valence-corrected chi connectivity index (χ2v) is 45.0. The normalized spacial score (nSPS) is 14.6. The molecule has 0 bridgehead atoms. The summed E-state index contributed by atoms with van der Waals surface area (Å²) in [5, 5.41) is 2.63. The van der Waals surface area contributed by atoms with E-state index in [1.54, 1.807) is 5.79 Å². The molecule has 0 saturated carbocycles. The average Bonchev–Trinajstić information content (AvgIpc) is 3.42. The molecule has 3 rings (SSSR count). The summed E-state index contributed by atoms with van der Waals surface area (Å²) in [4.78, 5) is 15.1. The van der Waals surface area contributed by atoms with Crippen LogP contribution in [-0.2, 0) is 0 Å². The molecule has 0 aliphatic carbocycles. The predicted molar refractivity (Wildman–Crippen MR) is 167 cm³/mol. The predicted octanol–water partition coefficient (Wildman–Crippen LogP) is 9.51. The zero-order valence-electron chi connectivity index (χ0n) is 23.9. The maximum atomic E-state index is 6.99. The third-order valence-electron chi connectivity index (χ3n) is 6.81. The molecule has 0 amide bonds. The van der Waals surface area contributed by atoms with Crippen LogP contribution in [0.15, 0.2) is 12.1 Å². The molecule has 35 heavy (non-hydrogen) atoms. The number of benzene rings is 1. The van der Waals surface area contributed by atoms with Gasteiger partial charge in [-0.05, 0) is 0 Å². The number of rotatable bonds is 13. The summed E-state index contributed by atoms with van der Waals surface area (Å²) in [6, 6.07) is 5.01. The molecule has 0 aliphatic heterocycles. The second-order valence-electron chi connectivity index (χ2n) is 12.1. The van der Waals surface area contributed by atoms with Crippen molar-refractivity contribution in [2.75, 3.05) is 0 Å². The van der Waals surface area contributed by atoms with Crippen molar-refractivity contribution < 1.29 is 9.47 Å². The van der Waals surface area contributed by atoms with Crippen molar-refractivity contribution in [3.63, 3.8) is 0 Å². The van der Waals surface area contributed by atoms with Gasteiger partial charge in [0.25, 0.3) is 0 Å². The zero-order valence-corrected chi connectivity index (χ0v) is 31.2. The molecule has 6 heteroatoms.